The van der Waals surface area contributed by atoms with Crippen molar-refractivity contribution in [1.29, 1.82) is 0 Å². The van der Waals surface area contributed by atoms with Crippen LogP contribution in [0.3, 0.4) is 0 Å². The van der Waals surface area contributed by atoms with Crippen LogP contribution in [-0.2, 0) is 19.3 Å². The van der Waals surface area contributed by atoms with E-state index in [2.05, 4.69) is 38.1 Å². The smallest absolute Gasteiger partial charge is 0.00881 e. The largest absolute Gasteiger partial charge is 0.0795 e. The van der Waals surface area contributed by atoms with Crippen LogP contribution in [0, 0.1) is 0 Å². The Labute approximate surface area is 93.0 Å². The molecular weight excluding hydrogens is 180 g/mol. The lowest BCUT2D eigenvalue weighted by molar-refractivity contribution is 0.858. The first-order valence-corrected chi connectivity index (χ1v) is 6.16. The lowest BCUT2D eigenvalue weighted by atomic mass is 9.94. The van der Waals surface area contributed by atoms with Crippen molar-refractivity contribution in [3.63, 3.8) is 0 Å². The Morgan fingerprint density at radius 1 is 1.00 bits per heavy atom. The lowest BCUT2D eigenvalue weighted by Crippen LogP contribution is -1.97. The van der Waals surface area contributed by atoms with Gasteiger partial charge in [-0.15, -0.1) is 0 Å². The summed E-state index contributed by atoms with van der Waals surface area (Å²) in [6.45, 7) is 4.53. The summed E-state index contributed by atoms with van der Waals surface area (Å²) >= 11 is 0. The van der Waals surface area contributed by atoms with E-state index in [4.69, 9.17) is 0 Å². The summed E-state index contributed by atoms with van der Waals surface area (Å²) in [5.41, 5.74) is 6.14. The molecule has 0 spiro atoms. The molecule has 80 valence electrons. The average Bonchev–Trinajstić information content (AvgIpc) is 2.66. The van der Waals surface area contributed by atoms with Crippen LogP contribution >= 0.6 is 0 Å². The van der Waals surface area contributed by atoms with Crippen LogP contribution in [-0.4, -0.2) is 0 Å². The van der Waals surface area contributed by atoms with E-state index in [1.807, 2.05) is 0 Å². The molecule has 0 amide bonds. The van der Waals surface area contributed by atoms with Crippen LogP contribution in [0.2, 0.25) is 0 Å². The summed E-state index contributed by atoms with van der Waals surface area (Å²) < 4.78 is 0. The first kappa shape index (κ1) is 10.5. The number of allylic oxidation sites excluding steroid dienone is 1. The Morgan fingerprint density at radius 2 is 1.67 bits per heavy atom. The van der Waals surface area contributed by atoms with Gasteiger partial charge in [0.25, 0.3) is 0 Å². The Balaban J connectivity index is 2.36. The summed E-state index contributed by atoms with van der Waals surface area (Å²) in [5, 5.41) is 0. The first-order chi connectivity index (χ1) is 7.35. The summed E-state index contributed by atoms with van der Waals surface area (Å²) in [4.78, 5) is 0. The Bertz CT molecular complexity index is 372. The molecule has 0 unspecified atom stereocenters. The quantitative estimate of drug-likeness (QED) is 0.684. The van der Waals surface area contributed by atoms with E-state index < -0.39 is 0 Å². The van der Waals surface area contributed by atoms with Crippen molar-refractivity contribution in [1.82, 2.24) is 0 Å². The number of hydrogen-bond acceptors (Lipinski definition) is 0. The van der Waals surface area contributed by atoms with Crippen molar-refractivity contribution in [2.45, 2.75) is 46.0 Å². The second-order valence-corrected chi connectivity index (χ2v) is 4.43. The van der Waals surface area contributed by atoms with Crippen molar-refractivity contribution in [3.05, 3.63) is 40.5 Å². The third-order valence-corrected chi connectivity index (χ3v) is 3.14. The van der Waals surface area contributed by atoms with E-state index in [0.717, 1.165) is 6.42 Å². The van der Waals surface area contributed by atoms with E-state index in [1.165, 1.54) is 36.8 Å². The number of benzene rings is 1. The van der Waals surface area contributed by atoms with Gasteiger partial charge in [-0.25, -0.2) is 0 Å². The highest BCUT2D eigenvalue weighted by Crippen LogP contribution is 2.25. The van der Waals surface area contributed by atoms with Crippen molar-refractivity contribution >= 4 is 6.08 Å². The highest BCUT2D eigenvalue weighted by Gasteiger charge is 2.09. The second-order valence-electron chi connectivity index (χ2n) is 4.43. The third-order valence-electron chi connectivity index (χ3n) is 3.14. The molecule has 0 heterocycles. The molecule has 0 bridgehead atoms. The first-order valence-electron chi connectivity index (χ1n) is 6.16. The van der Waals surface area contributed by atoms with Crippen molar-refractivity contribution in [2.75, 3.05) is 0 Å². The zero-order valence-corrected chi connectivity index (χ0v) is 9.84. The predicted molar refractivity (Wildman–Crippen MR) is 67.2 cm³/mol. The van der Waals surface area contributed by atoms with E-state index in [0.29, 0.717) is 0 Å². The van der Waals surface area contributed by atoms with E-state index in [9.17, 15) is 0 Å². The van der Waals surface area contributed by atoms with E-state index >= 15 is 0 Å². The number of fused-ring (bicyclic) bond motifs is 1. The second kappa shape index (κ2) is 4.65. The van der Waals surface area contributed by atoms with Gasteiger partial charge in [-0.3, -0.25) is 0 Å². The molecule has 0 N–H and O–H groups in total. The van der Waals surface area contributed by atoms with E-state index in [1.54, 1.807) is 11.1 Å². The van der Waals surface area contributed by atoms with Gasteiger partial charge in [0.15, 0.2) is 0 Å². The van der Waals surface area contributed by atoms with Gasteiger partial charge in [-0.1, -0.05) is 51.0 Å². The van der Waals surface area contributed by atoms with Crippen LogP contribution in [0.1, 0.15) is 48.9 Å². The summed E-state index contributed by atoms with van der Waals surface area (Å²) in [6, 6.07) is 4.84. The maximum absolute atomic E-state index is 2.43. The van der Waals surface area contributed by atoms with Crippen LogP contribution in [0.25, 0.3) is 6.08 Å². The molecule has 1 aromatic rings. The normalized spacial score (nSPS) is 13.2. The molecule has 2 rings (SSSR count). The van der Waals surface area contributed by atoms with Crippen LogP contribution in [0.5, 0.6) is 0 Å². The Morgan fingerprint density at radius 3 is 2.33 bits per heavy atom. The zero-order chi connectivity index (χ0) is 10.7. The SMILES string of the molecule is CCCc1cc2c(cc1CCC)CC=C2. The molecule has 0 atom stereocenters. The number of aryl methyl sites for hydroxylation is 2. The molecule has 1 aliphatic carbocycles. The molecule has 0 aliphatic heterocycles. The molecule has 0 radical (unpaired) electrons. The van der Waals surface area contributed by atoms with Gasteiger partial charge in [-0.2, -0.15) is 0 Å². The predicted octanol–water partition coefficient (Wildman–Crippen LogP) is 4.16. The summed E-state index contributed by atoms with van der Waals surface area (Å²) in [5.74, 6) is 0. The number of hydrogen-bond donors (Lipinski definition) is 0. The van der Waals surface area contributed by atoms with Crippen LogP contribution in [0.15, 0.2) is 18.2 Å². The van der Waals surface area contributed by atoms with Gasteiger partial charge in [0, 0.05) is 0 Å². The fourth-order valence-corrected chi connectivity index (χ4v) is 2.41. The zero-order valence-electron chi connectivity index (χ0n) is 9.84. The minimum atomic E-state index is 1.14. The van der Waals surface area contributed by atoms with Crippen LogP contribution < -0.4 is 0 Å². The standard InChI is InChI=1S/C15H20/c1-3-6-12-10-14-8-5-9-15(14)11-13(12)7-4-2/h5,8,10-11H,3-4,6-7,9H2,1-2H3. The lowest BCUT2D eigenvalue weighted by Gasteiger charge is -2.11. The molecule has 1 aromatic carbocycles. The Hall–Kier alpha value is -1.04. The molecule has 0 aromatic heterocycles. The minimum absolute atomic E-state index is 1.14. The van der Waals surface area contributed by atoms with Gasteiger partial charge in [0.05, 0.1) is 0 Å². The molecule has 0 nitrogen and oxygen atoms in total. The Kier molecular flexibility index (Phi) is 3.25. The molecular formula is C15H20. The molecule has 15 heavy (non-hydrogen) atoms. The fourth-order valence-electron chi connectivity index (χ4n) is 2.41. The maximum Gasteiger partial charge on any atom is -0.00881 e. The topological polar surface area (TPSA) is 0 Å². The average molecular weight is 200 g/mol. The molecule has 0 saturated heterocycles. The molecule has 1 aliphatic rings. The van der Waals surface area contributed by atoms with Crippen molar-refractivity contribution in [3.8, 4) is 0 Å². The third kappa shape index (κ3) is 2.14. The van der Waals surface area contributed by atoms with Gasteiger partial charge in [0.2, 0.25) is 0 Å². The van der Waals surface area contributed by atoms with Crippen molar-refractivity contribution in [2.24, 2.45) is 0 Å². The van der Waals surface area contributed by atoms with E-state index in [-0.39, 0.29) is 0 Å². The molecule has 0 fully saturated rings. The van der Waals surface area contributed by atoms with Crippen molar-refractivity contribution < 1.29 is 0 Å². The van der Waals surface area contributed by atoms with Gasteiger partial charge >= 0.3 is 0 Å². The molecule has 0 heteroatoms. The highest BCUT2D eigenvalue weighted by atomic mass is 14.1. The molecule has 0 saturated carbocycles. The van der Waals surface area contributed by atoms with Gasteiger partial charge < -0.3 is 0 Å². The monoisotopic (exact) mass is 200 g/mol. The van der Waals surface area contributed by atoms with Crippen LogP contribution in [0.4, 0.5) is 0 Å². The number of rotatable bonds is 4. The summed E-state index contributed by atoms with van der Waals surface area (Å²) in [6.07, 6.45) is 10.7. The summed E-state index contributed by atoms with van der Waals surface area (Å²) in [7, 11) is 0. The fraction of sp³-hybridized carbons (Fsp3) is 0.467. The maximum atomic E-state index is 2.43. The van der Waals surface area contributed by atoms with Gasteiger partial charge in [0.1, 0.15) is 0 Å². The minimum Gasteiger partial charge on any atom is -0.0795 e. The highest BCUT2D eigenvalue weighted by molar-refractivity contribution is 5.62. The van der Waals surface area contributed by atoms with Gasteiger partial charge in [-0.05, 0) is 41.5 Å².